The maximum absolute atomic E-state index is 11.5. The van der Waals surface area contributed by atoms with Gasteiger partial charge in [0.2, 0.25) is 6.23 Å². The van der Waals surface area contributed by atoms with Crippen LogP contribution in [0.5, 0.6) is 11.5 Å². The third-order valence-electron chi connectivity index (χ3n) is 7.06. The van der Waals surface area contributed by atoms with Gasteiger partial charge in [-0.05, 0) is 24.3 Å². The van der Waals surface area contributed by atoms with Crippen molar-refractivity contribution < 1.29 is 39.2 Å². The number of likely N-dealkylation sites (tertiary alicyclic amines) is 1. The molecule has 0 aliphatic carbocycles. The lowest BCUT2D eigenvalue weighted by atomic mass is 9.84. The predicted octanol–water partition coefficient (Wildman–Crippen LogP) is 0.331. The van der Waals surface area contributed by atoms with Crippen LogP contribution in [0.2, 0.25) is 5.02 Å². The Morgan fingerprint density at radius 2 is 1.66 bits per heavy atom. The quantitative estimate of drug-likeness (QED) is 0.551. The van der Waals surface area contributed by atoms with Gasteiger partial charge in [0.25, 0.3) is 0 Å². The molecule has 2 saturated heterocycles. The van der Waals surface area contributed by atoms with Crippen molar-refractivity contribution in [2.24, 2.45) is 0 Å². The number of carbonyl (C=O) groups is 1. The van der Waals surface area contributed by atoms with E-state index in [0.717, 1.165) is 16.9 Å². The molecule has 2 unspecified atom stereocenters. The van der Waals surface area contributed by atoms with Crippen molar-refractivity contribution in [2.75, 3.05) is 20.1 Å². The molecular weight excluding hydrogens is 438 g/mol. The van der Waals surface area contributed by atoms with Gasteiger partial charge in [-0.3, -0.25) is 4.48 Å². The number of nitrogens with zero attached hydrogens (tertiary/aromatic N) is 1. The number of para-hydroxylation sites is 1. The maximum Gasteiger partial charge on any atom is 0.223 e. The van der Waals surface area contributed by atoms with Crippen molar-refractivity contribution in [3.05, 3.63) is 58.6 Å². The number of rotatable bonds is 2. The molecule has 0 bridgehead atoms. The number of hydrogen-bond acceptors (Lipinski definition) is 7. The first-order valence-corrected chi connectivity index (χ1v) is 10.9. The number of likely N-dealkylation sites (N-methyl/N-ethyl adjacent to an activating group) is 1. The monoisotopic (exact) mass is 461 g/mol. The lowest BCUT2D eigenvalue weighted by Gasteiger charge is -2.47. The molecule has 9 heteroatoms. The molecule has 2 aromatic rings. The molecule has 2 aromatic carbocycles. The molecule has 32 heavy (non-hydrogen) atoms. The fourth-order valence-corrected chi connectivity index (χ4v) is 5.72. The molecule has 3 aliphatic rings. The molecule has 8 nitrogen and oxygen atoms in total. The van der Waals surface area contributed by atoms with Gasteiger partial charge in [-0.1, -0.05) is 29.8 Å². The van der Waals surface area contributed by atoms with Crippen LogP contribution in [0.25, 0.3) is 0 Å². The van der Waals surface area contributed by atoms with Gasteiger partial charge < -0.3 is 34.7 Å². The van der Waals surface area contributed by atoms with Crippen molar-refractivity contribution in [3.8, 4) is 11.5 Å². The number of halogens is 1. The zero-order valence-corrected chi connectivity index (χ0v) is 18.1. The maximum atomic E-state index is 11.5. The number of carbonyl (C=O) groups excluding carboxylic acids is 1. The summed E-state index contributed by atoms with van der Waals surface area (Å²) in [6.07, 6.45) is -7.73. The van der Waals surface area contributed by atoms with Crippen LogP contribution in [0.15, 0.2) is 42.5 Å². The minimum absolute atomic E-state index is 0.0305. The molecule has 0 saturated carbocycles. The molecule has 8 atom stereocenters. The Morgan fingerprint density at radius 1 is 1.00 bits per heavy atom. The van der Waals surface area contributed by atoms with Gasteiger partial charge in [0.15, 0.2) is 6.10 Å². The second-order valence-corrected chi connectivity index (χ2v) is 9.55. The van der Waals surface area contributed by atoms with Crippen molar-refractivity contribution in [1.29, 1.82) is 0 Å². The Labute approximate surface area is 189 Å². The van der Waals surface area contributed by atoms with Crippen LogP contribution >= 0.6 is 11.6 Å². The average Bonchev–Trinajstić information content (AvgIpc) is 3.06. The number of hydrogen-bond donors (Lipinski definition) is 3. The number of carboxylic acid groups (broad SMARTS) is 1. The third kappa shape index (κ3) is 3.30. The van der Waals surface area contributed by atoms with E-state index in [1.807, 2.05) is 43.4 Å². The number of ether oxygens (including phenoxy) is 2. The highest BCUT2D eigenvalue weighted by molar-refractivity contribution is 6.30. The summed E-state index contributed by atoms with van der Waals surface area (Å²) < 4.78 is 12.0. The van der Waals surface area contributed by atoms with Gasteiger partial charge in [-0.15, -0.1) is 0 Å². The van der Waals surface area contributed by atoms with Crippen LogP contribution in [-0.2, 0) is 9.53 Å². The van der Waals surface area contributed by atoms with E-state index in [9.17, 15) is 25.2 Å². The first-order chi connectivity index (χ1) is 15.2. The zero-order valence-electron chi connectivity index (χ0n) is 17.3. The Morgan fingerprint density at radius 3 is 2.38 bits per heavy atom. The lowest BCUT2D eigenvalue weighted by molar-refractivity contribution is -0.952. The molecule has 0 aromatic heterocycles. The SMILES string of the molecule is C[N+]1(C2O[C@H](C(=O)[O-])[C@@H](O)[C@H](O)[C@H]2O)C[C@H]2c3ccccc3Oc3ccc(Cl)cc3[C@@H]2C1. The number of fused-ring (bicyclic) bond motifs is 5. The first-order valence-electron chi connectivity index (χ1n) is 10.5. The standard InChI is InChI=1S/C23H24ClNO7/c1-25(22-20(28)18(26)19(27)21(32-22)23(29)30)9-14-12-4-2-3-5-16(12)31-17-7-6-11(24)8-13(17)15(14)10-25/h2-8,14-15,18-22,26-28H,9-10H2,1H3/t14-,15-,18-,19-,20+,21-,22?,25?/m0/s1. The van der Waals surface area contributed by atoms with Crippen LogP contribution in [-0.4, -0.2) is 76.6 Å². The minimum Gasteiger partial charge on any atom is -0.547 e. The van der Waals surface area contributed by atoms with Gasteiger partial charge in [0, 0.05) is 28.0 Å². The van der Waals surface area contributed by atoms with Crippen LogP contribution in [0.3, 0.4) is 0 Å². The molecule has 170 valence electrons. The fourth-order valence-electron chi connectivity index (χ4n) is 5.54. The number of aliphatic hydroxyl groups excluding tert-OH is 3. The smallest absolute Gasteiger partial charge is 0.223 e. The Kier molecular flexibility index (Phi) is 5.20. The topological polar surface area (TPSA) is 119 Å². The molecular formula is C23H24ClNO7. The van der Waals surface area contributed by atoms with E-state index in [-0.39, 0.29) is 16.3 Å². The third-order valence-corrected chi connectivity index (χ3v) is 7.29. The van der Waals surface area contributed by atoms with Gasteiger partial charge in [-0.25, -0.2) is 0 Å². The van der Waals surface area contributed by atoms with Crippen LogP contribution < -0.4 is 9.84 Å². The second kappa shape index (κ2) is 7.69. The number of quaternary nitrogens is 1. The molecule has 2 fully saturated rings. The number of carboxylic acids is 1. The summed E-state index contributed by atoms with van der Waals surface area (Å²) in [6.45, 7) is 0.960. The average molecular weight is 462 g/mol. The summed E-state index contributed by atoms with van der Waals surface area (Å²) in [5.41, 5.74) is 1.91. The van der Waals surface area contributed by atoms with Gasteiger partial charge in [-0.2, -0.15) is 0 Å². The van der Waals surface area contributed by atoms with Gasteiger partial charge >= 0.3 is 0 Å². The molecule has 0 spiro atoms. The van der Waals surface area contributed by atoms with E-state index in [0.29, 0.717) is 23.9 Å². The summed E-state index contributed by atoms with van der Waals surface area (Å²) in [6, 6.07) is 13.2. The Hall–Kier alpha value is -2.20. The fraction of sp³-hybridized carbons (Fsp3) is 0.435. The molecule has 0 amide bonds. The minimum atomic E-state index is -1.78. The summed E-state index contributed by atoms with van der Waals surface area (Å²) >= 11 is 6.31. The van der Waals surface area contributed by atoms with E-state index >= 15 is 0 Å². The summed E-state index contributed by atoms with van der Waals surface area (Å²) in [4.78, 5) is 11.5. The van der Waals surface area contributed by atoms with E-state index < -0.39 is 36.6 Å². The van der Waals surface area contributed by atoms with Crippen molar-refractivity contribution >= 4 is 17.6 Å². The van der Waals surface area contributed by atoms with Gasteiger partial charge in [0.1, 0.15) is 29.8 Å². The highest BCUT2D eigenvalue weighted by atomic mass is 35.5. The molecule has 0 radical (unpaired) electrons. The van der Waals surface area contributed by atoms with Crippen LogP contribution in [0.1, 0.15) is 23.0 Å². The first kappa shape index (κ1) is 21.6. The number of aliphatic hydroxyl groups is 3. The molecule has 3 N–H and O–H groups in total. The number of benzene rings is 2. The normalized spacial score (nSPS) is 38.1. The summed E-state index contributed by atoms with van der Waals surface area (Å²) in [5.74, 6) is -0.304. The lowest BCUT2D eigenvalue weighted by Crippen LogP contribution is -2.69. The van der Waals surface area contributed by atoms with Gasteiger partial charge in [0.05, 0.1) is 26.1 Å². The van der Waals surface area contributed by atoms with E-state index in [4.69, 9.17) is 21.1 Å². The Bertz CT molecular complexity index is 1060. The van der Waals surface area contributed by atoms with E-state index in [1.165, 1.54) is 0 Å². The van der Waals surface area contributed by atoms with Crippen LogP contribution in [0, 0.1) is 0 Å². The number of aliphatic carboxylic acids is 1. The Balaban J connectivity index is 1.58. The van der Waals surface area contributed by atoms with Crippen LogP contribution in [0.4, 0.5) is 0 Å². The molecule has 5 rings (SSSR count). The second-order valence-electron chi connectivity index (χ2n) is 9.12. The largest absolute Gasteiger partial charge is 0.547 e. The van der Waals surface area contributed by atoms with Crippen molar-refractivity contribution in [3.63, 3.8) is 0 Å². The van der Waals surface area contributed by atoms with Crippen molar-refractivity contribution in [2.45, 2.75) is 42.5 Å². The predicted molar refractivity (Wildman–Crippen MR) is 111 cm³/mol. The van der Waals surface area contributed by atoms with E-state index in [1.54, 1.807) is 6.07 Å². The molecule has 3 aliphatic heterocycles. The van der Waals surface area contributed by atoms with E-state index in [2.05, 4.69) is 0 Å². The molecule has 3 heterocycles. The highest BCUT2D eigenvalue weighted by Crippen LogP contribution is 2.53. The summed E-state index contributed by atoms with van der Waals surface area (Å²) in [5, 5.41) is 43.2. The highest BCUT2D eigenvalue weighted by Gasteiger charge is 2.57. The zero-order chi connectivity index (χ0) is 22.8. The summed E-state index contributed by atoms with van der Waals surface area (Å²) in [7, 11) is 1.85. The van der Waals surface area contributed by atoms with Crippen molar-refractivity contribution in [1.82, 2.24) is 0 Å².